The van der Waals surface area contributed by atoms with E-state index in [1.54, 1.807) is 49.1 Å². The highest BCUT2D eigenvalue weighted by Gasteiger charge is 2.10. The second-order valence-corrected chi connectivity index (χ2v) is 4.41. The summed E-state index contributed by atoms with van der Waals surface area (Å²) >= 11 is 0. The average molecular weight is 272 g/mol. The summed E-state index contributed by atoms with van der Waals surface area (Å²) in [7, 11) is 3.72. The van der Waals surface area contributed by atoms with Gasteiger partial charge in [-0.05, 0) is 0 Å². The number of hydrazine groups is 1. The lowest BCUT2D eigenvalue weighted by Crippen LogP contribution is -2.42. The molecule has 0 saturated carbocycles. The molecule has 0 aliphatic rings. The first-order valence-electron chi connectivity index (χ1n) is 6.07. The molecule has 2 aromatic heterocycles. The van der Waals surface area contributed by atoms with E-state index in [2.05, 4.69) is 10.9 Å². The highest BCUT2D eigenvalue weighted by molar-refractivity contribution is 5.98. The van der Waals surface area contributed by atoms with Crippen molar-refractivity contribution in [3.05, 3.63) is 60.2 Å². The highest BCUT2D eigenvalue weighted by Crippen LogP contribution is 1.95. The normalized spacial score (nSPS) is 9.90. The van der Waals surface area contributed by atoms with Crippen molar-refractivity contribution in [2.45, 2.75) is 0 Å². The lowest BCUT2D eigenvalue weighted by molar-refractivity contribution is -0.671. The smallest absolute Gasteiger partial charge is 0.267 e. The van der Waals surface area contributed by atoms with Gasteiger partial charge in [0.25, 0.3) is 11.8 Å². The second-order valence-electron chi connectivity index (χ2n) is 4.41. The summed E-state index contributed by atoms with van der Waals surface area (Å²) in [6.45, 7) is 0. The molecule has 0 bridgehead atoms. The van der Waals surface area contributed by atoms with E-state index in [9.17, 15) is 9.59 Å². The van der Waals surface area contributed by atoms with Gasteiger partial charge < -0.3 is 0 Å². The van der Waals surface area contributed by atoms with E-state index in [1.807, 2.05) is 23.2 Å². The molecule has 0 aliphatic heterocycles. The minimum atomic E-state index is -0.361. The number of carbonyl (C=O) groups is 2. The summed E-state index contributed by atoms with van der Waals surface area (Å²) in [6.07, 6.45) is 7.03. The van der Waals surface area contributed by atoms with E-state index in [0.717, 1.165) is 0 Å². The Morgan fingerprint density at radius 1 is 0.750 bits per heavy atom. The van der Waals surface area contributed by atoms with Crippen LogP contribution in [-0.2, 0) is 14.1 Å². The van der Waals surface area contributed by atoms with Gasteiger partial charge in [0.05, 0.1) is 11.1 Å². The number of nitrogens with one attached hydrogen (secondary N) is 2. The first-order chi connectivity index (χ1) is 9.56. The van der Waals surface area contributed by atoms with E-state index < -0.39 is 0 Å². The Hall–Kier alpha value is -2.76. The molecule has 102 valence electrons. The summed E-state index contributed by atoms with van der Waals surface area (Å²) in [5.74, 6) is -0.721. The van der Waals surface area contributed by atoms with Crippen molar-refractivity contribution < 1.29 is 18.7 Å². The molecular formula is C14H16N4O2+2. The molecule has 0 fully saturated rings. The van der Waals surface area contributed by atoms with Gasteiger partial charge >= 0.3 is 0 Å². The maximum Gasteiger partial charge on any atom is 0.270 e. The second kappa shape index (κ2) is 5.92. The number of aromatic nitrogens is 2. The van der Waals surface area contributed by atoms with Crippen LogP contribution in [0.15, 0.2) is 49.1 Å². The summed E-state index contributed by atoms with van der Waals surface area (Å²) in [4.78, 5) is 23.6. The first kappa shape index (κ1) is 13.7. The van der Waals surface area contributed by atoms with E-state index >= 15 is 0 Å². The zero-order chi connectivity index (χ0) is 14.5. The fourth-order valence-electron chi connectivity index (χ4n) is 1.56. The number of hydrogen-bond donors (Lipinski definition) is 2. The van der Waals surface area contributed by atoms with Crippen LogP contribution in [0.1, 0.15) is 20.7 Å². The van der Waals surface area contributed by atoms with Gasteiger partial charge in [0.1, 0.15) is 14.1 Å². The van der Waals surface area contributed by atoms with Gasteiger partial charge in [0, 0.05) is 24.3 Å². The highest BCUT2D eigenvalue weighted by atomic mass is 16.2. The SMILES string of the molecule is C[n+]1ccc(C(=O)NNC(=O)c2cc[n+](C)cc2)cc1. The van der Waals surface area contributed by atoms with Crippen molar-refractivity contribution in [1.82, 2.24) is 10.9 Å². The fraction of sp³-hybridized carbons (Fsp3) is 0.143. The molecular weight excluding hydrogens is 256 g/mol. The minimum absolute atomic E-state index is 0.361. The van der Waals surface area contributed by atoms with Crippen LogP contribution in [0.25, 0.3) is 0 Å². The number of amides is 2. The topological polar surface area (TPSA) is 66.0 Å². The molecule has 0 saturated heterocycles. The number of nitrogens with zero attached hydrogens (tertiary/aromatic N) is 2. The Labute approximate surface area is 116 Å². The fourth-order valence-corrected chi connectivity index (χ4v) is 1.56. The van der Waals surface area contributed by atoms with E-state index in [0.29, 0.717) is 11.1 Å². The minimum Gasteiger partial charge on any atom is -0.267 e. The third-order valence-electron chi connectivity index (χ3n) is 2.77. The number of carbonyl (C=O) groups excluding carboxylic acids is 2. The maximum atomic E-state index is 11.8. The third kappa shape index (κ3) is 3.38. The summed E-state index contributed by atoms with van der Waals surface area (Å²) in [6, 6.07) is 6.68. The van der Waals surface area contributed by atoms with E-state index in [4.69, 9.17) is 0 Å². The predicted molar refractivity (Wildman–Crippen MR) is 70.2 cm³/mol. The molecule has 20 heavy (non-hydrogen) atoms. The zero-order valence-electron chi connectivity index (χ0n) is 11.3. The van der Waals surface area contributed by atoms with E-state index in [-0.39, 0.29) is 11.8 Å². The van der Waals surface area contributed by atoms with Crippen molar-refractivity contribution in [2.75, 3.05) is 0 Å². The molecule has 0 aromatic carbocycles. The van der Waals surface area contributed by atoms with Crippen LogP contribution in [0, 0.1) is 0 Å². The Kier molecular flexibility index (Phi) is 4.05. The van der Waals surface area contributed by atoms with Crippen LogP contribution in [0.3, 0.4) is 0 Å². The van der Waals surface area contributed by atoms with Crippen molar-refractivity contribution in [3.63, 3.8) is 0 Å². The molecule has 2 amide bonds. The lowest BCUT2D eigenvalue weighted by atomic mass is 10.2. The standard InChI is InChI=1S/C14H14N4O2/c1-17-7-3-11(4-8-17)13(19)15-16-14(20)12-5-9-18(2)10-6-12/h3-10H,1-2H3/p+2. The number of pyridine rings is 2. The van der Waals surface area contributed by atoms with Crippen LogP contribution in [0.5, 0.6) is 0 Å². The van der Waals surface area contributed by atoms with E-state index in [1.165, 1.54) is 0 Å². The summed E-state index contributed by atoms with van der Waals surface area (Å²) in [5, 5.41) is 0. The van der Waals surface area contributed by atoms with Gasteiger partial charge in [-0.15, -0.1) is 0 Å². The Balaban J connectivity index is 1.94. The van der Waals surface area contributed by atoms with Gasteiger partial charge in [-0.1, -0.05) is 0 Å². The third-order valence-corrected chi connectivity index (χ3v) is 2.77. The molecule has 2 heterocycles. The molecule has 0 unspecified atom stereocenters. The van der Waals surface area contributed by atoms with Gasteiger partial charge in [0.2, 0.25) is 0 Å². The van der Waals surface area contributed by atoms with Crippen LogP contribution >= 0.6 is 0 Å². The average Bonchev–Trinajstić information content (AvgIpc) is 2.46. The van der Waals surface area contributed by atoms with Crippen molar-refractivity contribution >= 4 is 11.8 Å². The van der Waals surface area contributed by atoms with Gasteiger partial charge in [-0.3, -0.25) is 20.4 Å². The number of aryl methyl sites for hydroxylation is 2. The van der Waals surface area contributed by atoms with Crippen LogP contribution in [0.2, 0.25) is 0 Å². The lowest BCUT2D eigenvalue weighted by Gasteiger charge is -2.06. The molecule has 2 rings (SSSR count). The van der Waals surface area contributed by atoms with Crippen LogP contribution in [-0.4, -0.2) is 11.8 Å². The Morgan fingerprint density at radius 3 is 1.35 bits per heavy atom. The molecule has 6 heteroatoms. The summed E-state index contributed by atoms with van der Waals surface area (Å²) in [5.41, 5.74) is 5.70. The van der Waals surface area contributed by atoms with Crippen LogP contribution < -0.4 is 20.0 Å². The van der Waals surface area contributed by atoms with Gasteiger partial charge in [-0.25, -0.2) is 9.13 Å². The Bertz CT molecular complexity index is 563. The number of hydrogen-bond acceptors (Lipinski definition) is 2. The molecule has 0 spiro atoms. The monoisotopic (exact) mass is 272 g/mol. The van der Waals surface area contributed by atoms with Gasteiger partial charge in [-0.2, -0.15) is 0 Å². The molecule has 0 radical (unpaired) electrons. The van der Waals surface area contributed by atoms with Crippen molar-refractivity contribution in [3.8, 4) is 0 Å². The first-order valence-corrected chi connectivity index (χ1v) is 6.07. The Morgan fingerprint density at radius 2 is 1.05 bits per heavy atom. The molecule has 0 atom stereocenters. The largest absolute Gasteiger partial charge is 0.270 e. The molecule has 6 nitrogen and oxygen atoms in total. The van der Waals surface area contributed by atoms with Crippen molar-refractivity contribution in [2.24, 2.45) is 14.1 Å². The number of rotatable bonds is 2. The summed E-state index contributed by atoms with van der Waals surface area (Å²) < 4.78 is 3.64. The maximum absolute atomic E-state index is 11.8. The molecule has 2 N–H and O–H groups in total. The van der Waals surface area contributed by atoms with Crippen molar-refractivity contribution in [1.29, 1.82) is 0 Å². The van der Waals surface area contributed by atoms with Crippen LogP contribution in [0.4, 0.5) is 0 Å². The zero-order valence-corrected chi connectivity index (χ0v) is 11.3. The van der Waals surface area contributed by atoms with Gasteiger partial charge in [0.15, 0.2) is 24.8 Å². The quantitative estimate of drug-likeness (QED) is 0.567. The molecule has 2 aromatic rings. The predicted octanol–water partition coefficient (Wildman–Crippen LogP) is -0.590. The molecule has 0 aliphatic carbocycles.